The second-order valence-electron chi connectivity index (χ2n) is 3.78. The van der Waals surface area contributed by atoms with E-state index in [2.05, 4.69) is 0 Å². The summed E-state index contributed by atoms with van der Waals surface area (Å²) in [6.45, 7) is 3.77. The van der Waals surface area contributed by atoms with Crippen LogP contribution in [0.15, 0.2) is 24.3 Å². The molecule has 1 aromatic carbocycles. The van der Waals surface area contributed by atoms with Crippen molar-refractivity contribution in [2.24, 2.45) is 0 Å². The first-order valence-electron chi connectivity index (χ1n) is 5.06. The summed E-state index contributed by atoms with van der Waals surface area (Å²) in [6, 6.07) is 5.79. The van der Waals surface area contributed by atoms with E-state index >= 15 is 0 Å². The van der Waals surface area contributed by atoms with Crippen molar-refractivity contribution in [2.75, 3.05) is 0 Å². The lowest BCUT2D eigenvalue weighted by Crippen LogP contribution is -2.04. The van der Waals surface area contributed by atoms with E-state index in [1.54, 1.807) is 6.07 Å². The molecule has 2 aromatic rings. The van der Waals surface area contributed by atoms with Gasteiger partial charge in [-0.1, -0.05) is 11.6 Å². The van der Waals surface area contributed by atoms with Crippen molar-refractivity contribution in [1.29, 1.82) is 0 Å². The van der Waals surface area contributed by atoms with Crippen LogP contribution in [0.2, 0.25) is 5.02 Å². The van der Waals surface area contributed by atoms with Crippen LogP contribution in [0.3, 0.4) is 0 Å². The average Bonchev–Trinajstić information content (AvgIpc) is 2.60. The van der Waals surface area contributed by atoms with Crippen LogP contribution in [0, 0.1) is 19.7 Å². The van der Waals surface area contributed by atoms with Crippen molar-refractivity contribution < 1.29 is 9.18 Å². The highest BCUT2D eigenvalue weighted by molar-refractivity contribution is 7.12. The number of hydrogen-bond acceptors (Lipinski definition) is 2. The Morgan fingerprint density at radius 1 is 1.24 bits per heavy atom. The fourth-order valence-electron chi connectivity index (χ4n) is 1.67. The van der Waals surface area contributed by atoms with E-state index in [1.807, 2.05) is 13.8 Å². The smallest absolute Gasteiger partial charge is 0.197 e. The molecular formula is C13H10ClFOS. The van der Waals surface area contributed by atoms with Crippen LogP contribution in [-0.4, -0.2) is 5.78 Å². The van der Waals surface area contributed by atoms with Crippen molar-refractivity contribution in [3.8, 4) is 0 Å². The van der Waals surface area contributed by atoms with Crippen LogP contribution >= 0.6 is 22.9 Å². The maximum atomic E-state index is 13.6. The summed E-state index contributed by atoms with van der Waals surface area (Å²) in [6.07, 6.45) is 0. The van der Waals surface area contributed by atoms with Crippen molar-refractivity contribution in [3.05, 3.63) is 56.0 Å². The molecule has 0 N–H and O–H groups in total. The minimum atomic E-state index is -0.539. The zero-order valence-corrected chi connectivity index (χ0v) is 11.0. The maximum Gasteiger partial charge on any atom is 0.197 e. The number of benzene rings is 1. The lowest BCUT2D eigenvalue weighted by atomic mass is 10.0. The van der Waals surface area contributed by atoms with Crippen molar-refractivity contribution in [2.45, 2.75) is 13.8 Å². The number of rotatable bonds is 2. The quantitative estimate of drug-likeness (QED) is 0.739. The molecule has 0 aliphatic heterocycles. The van der Waals surface area contributed by atoms with Crippen LogP contribution < -0.4 is 0 Å². The van der Waals surface area contributed by atoms with Crippen molar-refractivity contribution >= 4 is 28.7 Å². The van der Waals surface area contributed by atoms with E-state index in [0.29, 0.717) is 10.6 Å². The van der Waals surface area contributed by atoms with Gasteiger partial charge < -0.3 is 0 Å². The second-order valence-corrected chi connectivity index (χ2v) is 5.68. The molecular weight excluding hydrogens is 259 g/mol. The maximum absolute atomic E-state index is 13.6. The minimum absolute atomic E-state index is 0.0263. The molecule has 1 heterocycles. The zero-order valence-electron chi connectivity index (χ0n) is 9.38. The molecule has 1 aromatic heterocycles. The Morgan fingerprint density at radius 3 is 2.53 bits per heavy atom. The standard InChI is InChI=1S/C13H10ClFOS/c1-7-5-10(8(2)17-7)13(16)11-6-9(14)3-4-12(11)15/h3-6H,1-2H3. The molecule has 88 valence electrons. The van der Waals surface area contributed by atoms with Gasteiger partial charge in [0, 0.05) is 20.3 Å². The fraction of sp³-hybridized carbons (Fsp3) is 0.154. The summed E-state index contributed by atoms with van der Waals surface area (Å²) in [7, 11) is 0. The van der Waals surface area contributed by atoms with Gasteiger partial charge >= 0.3 is 0 Å². The number of thiophene rings is 1. The summed E-state index contributed by atoms with van der Waals surface area (Å²) in [5.74, 6) is -0.852. The molecule has 0 amide bonds. The van der Waals surface area contributed by atoms with Gasteiger partial charge in [-0.15, -0.1) is 11.3 Å². The number of halogens is 2. The van der Waals surface area contributed by atoms with Crippen LogP contribution in [0.25, 0.3) is 0 Å². The molecule has 0 unspecified atom stereocenters. The van der Waals surface area contributed by atoms with Crippen molar-refractivity contribution in [3.63, 3.8) is 0 Å². The molecule has 0 aliphatic rings. The van der Waals surface area contributed by atoms with Gasteiger partial charge in [-0.2, -0.15) is 0 Å². The zero-order chi connectivity index (χ0) is 12.6. The van der Waals surface area contributed by atoms with E-state index in [0.717, 1.165) is 9.75 Å². The molecule has 0 spiro atoms. The lowest BCUT2D eigenvalue weighted by molar-refractivity contribution is 0.103. The van der Waals surface area contributed by atoms with Gasteiger partial charge in [0.1, 0.15) is 5.82 Å². The second kappa shape index (κ2) is 4.59. The highest BCUT2D eigenvalue weighted by Crippen LogP contribution is 2.25. The molecule has 4 heteroatoms. The molecule has 17 heavy (non-hydrogen) atoms. The van der Waals surface area contributed by atoms with Gasteiger partial charge in [0.05, 0.1) is 5.56 Å². The Labute approximate surface area is 108 Å². The molecule has 0 atom stereocenters. The minimum Gasteiger partial charge on any atom is -0.288 e. The van der Waals surface area contributed by atoms with E-state index in [9.17, 15) is 9.18 Å². The summed E-state index contributed by atoms with van der Waals surface area (Å²) < 4.78 is 13.6. The van der Waals surface area contributed by atoms with Gasteiger partial charge in [-0.05, 0) is 38.1 Å². The van der Waals surface area contributed by atoms with E-state index in [4.69, 9.17) is 11.6 Å². The predicted octanol–water partition coefficient (Wildman–Crippen LogP) is 4.39. The van der Waals surface area contributed by atoms with Crippen LogP contribution in [0.4, 0.5) is 4.39 Å². The Hall–Kier alpha value is -1.19. The topological polar surface area (TPSA) is 17.1 Å². The number of carbonyl (C=O) groups is 1. The first-order valence-corrected chi connectivity index (χ1v) is 6.25. The summed E-state index contributed by atoms with van der Waals surface area (Å²) in [4.78, 5) is 14.1. The van der Waals surface area contributed by atoms with E-state index in [1.165, 1.54) is 29.5 Å². The van der Waals surface area contributed by atoms with Gasteiger partial charge in [0.25, 0.3) is 0 Å². The number of aryl methyl sites for hydroxylation is 2. The summed E-state index contributed by atoms with van der Waals surface area (Å²) in [5, 5.41) is 0.361. The molecule has 0 bridgehead atoms. The highest BCUT2D eigenvalue weighted by atomic mass is 35.5. The third kappa shape index (κ3) is 2.40. The normalized spacial score (nSPS) is 10.6. The molecule has 2 rings (SSSR count). The third-order valence-electron chi connectivity index (χ3n) is 2.46. The monoisotopic (exact) mass is 268 g/mol. The van der Waals surface area contributed by atoms with Gasteiger partial charge in [-0.3, -0.25) is 4.79 Å². The Kier molecular flexibility index (Phi) is 3.31. The molecule has 0 saturated carbocycles. The summed E-state index contributed by atoms with van der Waals surface area (Å²) >= 11 is 7.30. The molecule has 0 fully saturated rings. The summed E-state index contributed by atoms with van der Waals surface area (Å²) in [5.41, 5.74) is 0.576. The third-order valence-corrected chi connectivity index (χ3v) is 3.66. The fourth-order valence-corrected chi connectivity index (χ4v) is 2.77. The molecule has 1 nitrogen and oxygen atoms in total. The SMILES string of the molecule is Cc1cc(C(=O)c2cc(Cl)ccc2F)c(C)s1. The van der Waals surface area contributed by atoms with Gasteiger partial charge in [0.2, 0.25) is 0 Å². The predicted molar refractivity (Wildman–Crippen MR) is 68.6 cm³/mol. The number of hydrogen-bond donors (Lipinski definition) is 0. The van der Waals surface area contributed by atoms with E-state index in [-0.39, 0.29) is 11.3 Å². The lowest BCUT2D eigenvalue weighted by Gasteiger charge is -2.02. The largest absolute Gasteiger partial charge is 0.288 e. The molecule has 0 radical (unpaired) electrons. The van der Waals surface area contributed by atoms with Gasteiger partial charge in [-0.25, -0.2) is 4.39 Å². The Bertz CT molecular complexity index is 589. The number of carbonyl (C=O) groups excluding carboxylic acids is 1. The first kappa shape index (κ1) is 12.3. The van der Waals surface area contributed by atoms with Crippen LogP contribution in [-0.2, 0) is 0 Å². The highest BCUT2D eigenvalue weighted by Gasteiger charge is 2.18. The molecule has 0 saturated heterocycles. The average molecular weight is 269 g/mol. The van der Waals surface area contributed by atoms with Crippen LogP contribution in [0.1, 0.15) is 25.7 Å². The van der Waals surface area contributed by atoms with E-state index < -0.39 is 5.82 Å². The Morgan fingerprint density at radius 2 is 1.94 bits per heavy atom. The Balaban J connectivity index is 2.50. The van der Waals surface area contributed by atoms with Crippen molar-refractivity contribution in [1.82, 2.24) is 0 Å². The number of ketones is 1. The first-order chi connectivity index (χ1) is 7.99. The van der Waals surface area contributed by atoms with Crippen LogP contribution in [0.5, 0.6) is 0 Å². The van der Waals surface area contributed by atoms with Gasteiger partial charge in [0.15, 0.2) is 5.78 Å². The molecule has 0 aliphatic carbocycles.